The molecule has 0 saturated carbocycles. The predicted molar refractivity (Wildman–Crippen MR) is 134 cm³/mol. The number of halogens is 4. The number of benzene rings is 1. The van der Waals surface area contributed by atoms with Gasteiger partial charge in [-0.15, -0.1) is 0 Å². The van der Waals surface area contributed by atoms with Gasteiger partial charge in [0.1, 0.15) is 0 Å². The summed E-state index contributed by atoms with van der Waals surface area (Å²) in [6.07, 6.45) is -2.69. The van der Waals surface area contributed by atoms with Crippen LogP contribution in [0.5, 0.6) is 0 Å². The van der Waals surface area contributed by atoms with E-state index >= 15 is 0 Å². The van der Waals surface area contributed by atoms with Crippen molar-refractivity contribution in [2.75, 3.05) is 19.7 Å². The second-order valence-electron chi connectivity index (χ2n) is 10.7. The molecule has 14 heteroatoms. The summed E-state index contributed by atoms with van der Waals surface area (Å²) in [5.74, 6) is -2.34. The Morgan fingerprint density at radius 2 is 1.93 bits per heavy atom. The van der Waals surface area contributed by atoms with Crippen LogP contribution in [-0.2, 0) is 22.3 Å². The Balaban J connectivity index is 1.19. The number of aliphatic hydroxyl groups is 1. The zero-order valence-electron chi connectivity index (χ0n) is 21.7. The fourth-order valence-electron chi connectivity index (χ4n) is 5.88. The van der Waals surface area contributed by atoms with Gasteiger partial charge in [0.05, 0.1) is 41.1 Å². The lowest BCUT2D eigenvalue weighted by Gasteiger charge is -2.51. The molecular weight excluding hydrogens is 538 g/mol. The van der Waals surface area contributed by atoms with Crippen LogP contribution < -0.4 is 11.2 Å². The summed E-state index contributed by atoms with van der Waals surface area (Å²) in [5.41, 5.74) is -3.65. The number of nitrogens with zero attached hydrogens (tertiary/aromatic N) is 4. The maximum Gasteiger partial charge on any atom is 0.449 e. The summed E-state index contributed by atoms with van der Waals surface area (Å²) < 4.78 is 62.5. The van der Waals surface area contributed by atoms with Crippen LogP contribution in [0, 0.1) is 5.82 Å². The van der Waals surface area contributed by atoms with Gasteiger partial charge < -0.3 is 19.3 Å². The summed E-state index contributed by atoms with van der Waals surface area (Å²) in [6, 6.07) is 5.40. The molecule has 2 fully saturated rings. The van der Waals surface area contributed by atoms with Crippen LogP contribution in [0.3, 0.4) is 0 Å². The van der Waals surface area contributed by atoms with E-state index in [1.54, 1.807) is 23.1 Å². The number of carbonyl (C=O) groups is 1. The van der Waals surface area contributed by atoms with Gasteiger partial charge in [0, 0.05) is 32.5 Å². The number of imidazole rings is 1. The van der Waals surface area contributed by atoms with E-state index in [1.807, 2.05) is 4.98 Å². The number of H-pyrrole nitrogens is 1. The lowest BCUT2D eigenvalue weighted by molar-refractivity contribution is -0.198. The monoisotopic (exact) mass is 567 g/mol. The highest BCUT2D eigenvalue weighted by atomic mass is 19.4. The molecule has 0 radical (unpaired) electrons. The number of aryl methyl sites for hydroxylation is 1. The van der Waals surface area contributed by atoms with E-state index < -0.39 is 46.3 Å². The van der Waals surface area contributed by atoms with Gasteiger partial charge >= 0.3 is 11.9 Å². The molecule has 2 N–H and O–H groups in total. The Kier molecular flexibility index (Phi) is 7.11. The Labute approximate surface area is 225 Å². The zero-order chi connectivity index (χ0) is 28.9. The highest BCUT2D eigenvalue weighted by Crippen LogP contribution is 2.43. The van der Waals surface area contributed by atoms with Crippen molar-refractivity contribution in [1.29, 1.82) is 0 Å². The number of hydrogen-bond donors (Lipinski definition) is 2. The number of piperidine rings is 1. The molecule has 2 atom stereocenters. The molecule has 216 valence electrons. The van der Waals surface area contributed by atoms with Crippen LogP contribution >= 0.6 is 0 Å². The second-order valence-corrected chi connectivity index (χ2v) is 10.7. The van der Waals surface area contributed by atoms with Crippen molar-refractivity contribution >= 4 is 16.9 Å². The third-order valence-corrected chi connectivity index (χ3v) is 7.91. The van der Waals surface area contributed by atoms with Crippen LogP contribution in [0.4, 0.5) is 17.6 Å². The van der Waals surface area contributed by atoms with Gasteiger partial charge in [-0.3, -0.25) is 19.1 Å². The predicted octanol–water partition coefficient (Wildman–Crippen LogP) is 2.60. The zero-order valence-corrected chi connectivity index (χ0v) is 21.7. The summed E-state index contributed by atoms with van der Waals surface area (Å²) in [7, 11) is 0. The van der Waals surface area contributed by atoms with E-state index in [1.165, 1.54) is 13.0 Å². The van der Waals surface area contributed by atoms with Crippen molar-refractivity contribution < 1.29 is 32.2 Å². The van der Waals surface area contributed by atoms with E-state index in [2.05, 4.69) is 4.98 Å². The first-order valence-electron chi connectivity index (χ1n) is 13.0. The maximum atomic E-state index is 13.8. The van der Waals surface area contributed by atoms with Crippen LogP contribution in [0.25, 0.3) is 11.0 Å². The molecule has 2 aliphatic rings. The van der Waals surface area contributed by atoms with Crippen LogP contribution in [0.2, 0.25) is 0 Å². The first-order chi connectivity index (χ1) is 18.8. The van der Waals surface area contributed by atoms with Gasteiger partial charge in [-0.2, -0.15) is 17.6 Å². The summed E-state index contributed by atoms with van der Waals surface area (Å²) >= 11 is 0. The summed E-state index contributed by atoms with van der Waals surface area (Å²) in [5, 5.41) is 11.2. The van der Waals surface area contributed by atoms with Crippen molar-refractivity contribution in [2.24, 2.45) is 0 Å². The molecule has 2 aromatic heterocycles. The highest BCUT2D eigenvalue weighted by molar-refractivity contribution is 5.77. The number of likely N-dealkylation sites (tertiary alicyclic amines) is 1. The van der Waals surface area contributed by atoms with E-state index in [9.17, 15) is 37.1 Å². The Hall–Kier alpha value is -3.52. The lowest BCUT2D eigenvalue weighted by atomic mass is 9.75. The number of aromatic nitrogens is 4. The van der Waals surface area contributed by atoms with Gasteiger partial charge in [-0.1, -0.05) is 12.1 Å². The third kappa shape index (κ3) is 5.29. The molecule has 2 saturated heterocycles. The molecule has 1 aromatic carbocycles. The molecule has 0 aliphatic carbocycles. The Bertz CT molecular complexity index is 1530. The number of rotatable bonds is 5. The van der Waals surface area contributed by atoms with Gasteiger partial charge in [0.2, 0.25) is 17.5 Å². The first-order valence-corrected chi connectivity index (χ1v) is 13.0. The number of alkyl halides is 3. The minimum Gasteiger partial charge on any atom is -0.388 e. The molecular formula is C26H29F4N5O5. The topological polar surface area (TPSA) is 122 Å². The minimum absolute atomic E-state index is 0.0169. The average Bonchev–Trinajstić information content (AvgIpc) is 3.26. The van der Waals surface area contributed by atoms with Crippen LogP contribution in [0.15, 0.2) is 40.1 Å². The van der Waals surface area contributed by atoms with Crippen LogP contribution in [0.1, 0.15) is 50.9 Å². The highest BCUT2D eigenvalue weighted by Gasteiger charge is 2.50. The second kappa shape index (κ2) is 10.1. The number of ether oxygens (including phenoxy) is 1. The minimum atomic E-state index is -4.62. The third-order valence-electron chi connectivity index (χ3n) is 7.91. The van der Waals surface area contributed by atoms with Crippen LogP contribution in [-0.4, -0.2) is 65.9 Å². The van der Waals surface area contributed by atoms with Crippen molar-refractivity contribution in [3.63, 3.8) is 0 Å². The van der Waals surface area contributed by atoms with Gasteiger partial charge in [-0.05, 0) is 38.3 Å². The number of hydrogen-bond acceptors (Lipinski definition) is 6. The van der Waals surface area contributed by atoms with E-state index in [4.69, 9.17) is 4.74 Å². The van der Waals surface area contributed by atoms with E-state index in [0.717, 1.165) is 15.3 Å². The van der Waals surface area contributed by atoms with E-state index in [0.29, 0.717) is 31.4 Å². The lowest BCUT2D eigenvalue weighted by Crippen LogP contribution is -2.59. The first kappa shape index (κ1) is 28.0. The molecule has 10 nitrogen and oxygen atoms in total. The van der Waals surface area contributed by atoms with Crippen molar-refractivity contribution in [1.82, 2.24) is 24.0 Å². The average molecular weight is 568 g/mol. The Morgan fingerprint density at radius 3 is 2.60 bits per heavy atom. The van der Waals surface area contributed by atoms with Crippen molar-refractivity contribution in [2.45, 2.75) is 69.0 Å². The van der Waals surface area contributed by atoms with Crippen molar-refractivity contribution in [3.05, 3.63) is 62.9 Å². The van der Waals surface area contributed by atoms with Gasteiger partial charge in [0.25, 0.3) is 5.56 Å². The maximum absolute atomic E-state index is 13.8. The molecule has 5 rings (SSSR count). The number of para-hydroxylation sites is 2. The number of aromatic amines is 1. The van der Waals surface area contributed by atoms with Gasteiger partial charge in [0.15, 0.2) is 0 Å². The quantitative estimate of drug-likeness (QED) is 0.457. The number of nitrogens with one attached hydrogen (secondary N) is 1. The number of amides is 1. The smallest absolute Gasteiger partial charge is 0.388 e. The van der Waals surface area contributed by atoms with E-state index in [-0.39, 0.29) is 43.8 Å². The molecule has 40 heavy (non-hydrogen) atoms. The molecule has 0 bridgehead atoms. The summed E-state index contributed by atoms with van der Waals surface area (Å²) in [6.45, 7) is 2.05. The summed E-state index contributed by atoms with van der Waals surface area (Å²) in [4.78, 5) is 43.7. The largest absolute Gasteiger partial charge is 0.449 e. The van der Waals surface area contributed by atoms with Crippen molar-refractivity contribution in [3.8, 4) is 0 Å². The Morgan fingerprint density at radius 1 is 1.23 bits per heavy atom. The molecule has 4 heterocycles. The number of fused-ring (bicyclic) bond motifs is 1. The SMILES string of the molecule is C[C@@]1(O)CC2(CCN(C(=O)CCCn3c(C(F)(F)F)nc4ccccc43)CC2)OC[C@H]1n1cc(F)c(=O)[nH]c1=O. The fourth-order valence-corrected chi connectivity index (χ4v) is 5.88. The fraction of sp³-hybridized carbons (Fsp3) is 0.538. The molecule has 1 spiro atoms. The molecule has 2 aliphatic heterocycles. The van der Waals surface area contributed by atoms with Gasteiger partial charge in [-0.25, -0.2) is 9.78 Å². The number of carbonyl (C=O) groups excluding carboxylic acids is 1. The molecule has 0 unspecified atom stereocenters. The molecule has 1 amide bonds. The molecule has 3 aromatic rings. The standard InChI is InChI=1S/C26H29F4N5O5/c1-24(39)15-25(40-14-19(24)35-13-16(27)21(37)32-23(35)38)8-11-33(12-9-25)20(36)7-4-10-34-18-6-3-2-5-17(18)31-22(34)26(28,29)30/h2-3,5-6,13,19,39H,4,7-12,14-15H2,1H3,(H,32,37,38)/t19-,24-/m1/s1. The normalized spacial score (nSPS) is 23.1.